The summed E-state index contributed by atoms with van der Waals surface area (Å²) in [7, 11) is 3.30. The fourth-order valence-electron chi connectivity index (χ4n) is 3.68. The molecule has 0 bridgehead atoms. The van der Waals surface area contributed by atoms with Gasteiger partial charge in [0.05, 0.1) is 14.2 Å². The van der Waals surface area contributed by atoms with Gasteiger partial charge in [-0.1, -0.05) is 36.4 Å². The second kappa shape index (κ2) is 8.23. The van der Waals surface area contributed by atoms with Gasteiger partial charge >= 0.3 is 5.97 Å². The maximum Gasteiger partial charge on any atom is 0.302 e. The molecule has 0 aliphatic carbocycles. The lowest BCUT2D eigenvalue weighted by Gasteiger charge is -2.22. The summed E-state index contributed by atoms with van der Waals surface area (Å²) < 4.78 is 16.8. The Morgan fingerprint density at radius 3 is 2.23 bits per heavy atom. The van der Waals surface area contributed by atoms with Crippen LogP contribution >= 0.6 is 0 Å². The van der Waals surface area contributed by atoms with Gasteiger partial charge in [0, 0.05) is 38.0 Å². The van der Waals surface area contributed by atoms with E-state index in [0.717, 1.165) is 30.2 Å². The summed E-state index contributed by atoms with van der Waals surface area (Å²) in [6.07, 6.45) is -0.235. The molecule has 0 radical (unpaired) electrons. The van der Waals surface area contributed by atoms with E-state index in [0.29, 0.717) is 6.54 Å². The van der Waals surface area contributed by atoms with Crippen molar-refractivity contribution < 1.29 is 19.0 Å². The van der Waals surface area contributed by atoms with Crippen LogP contribution in [0.1, 0.15) is 24.0 Å². The summed E-state index contributed by atoms with van der Waals surface area (Å²) in [6, 6.07) is 16.0. The van der Waals surface area contributed by atoms with Crippen molar-refractivity contribution in [3.05, 3.63) is 59.7 Å². The van der Waals surface area contributed by atoms with Gasteiger partial charge in [0.1, 0.15) is 17.6 Å². The van der Waals surface area contributed by atoms with Crippen molar-refractivity contribution in [2.45, 2.75) is 25.5 Å². The molecule has 0 amide bonds. The van der Waals surface area contributed by atoms with Crippen LogP contribution in [0.4, 0.5) is 0 Å². The molecule has 0 saturated carbocycles. The number of ether oxygens (including phenoxy) is 3. The lowest BCUT2D eigenvalue weighted by Crippen LogP contribution is -2.25. The molecule has 0 unspecified atom stereocenters. The predicted molar refractivity (Wildman–Crippen MR) is 99.6 cm³/mol. The average molecular weight is 355 g/mol. The van der Waals surface area contributed by atoms with Crippen molar-refractivity contribution in [3.63, 3.8) is 0 Å². The summed E-state index contributed by atoms with van der Waals surface area (Å²) in [5.74, 6) is 1.24. The van der Waals surface area contributed by atoms with Gasteiger partial charge in [-0.25, -0.2) is 0 Å². The van der Waals surface area contributed by atoms with Gasteiger partial charge in [-0.15, -0.1) is 0 Å². The number of rotatable bonds is 6. The lowest BCUT2D eigenvalue weighted by atomic mass is 9.94. The summed E-state index contributed by atoms with van der Waals surface area (Å²) in [6.45, 7) is 3.72. The summed E-state index contributed by atoms with van der Waals surface area (Å²) in [5, 5.41) is 0. The van der Waals surface area contributed by atoms with Crippen LogP contribution in [0.15, 0.2) is 48.5 Å². The van der Waals surface area contributed by atoms with Gasteiger partial charge in [0.2, 0.25) is 0 Å². The van der Waals surface area contributed by atoms with Crippen LogP contribution in [-0.4, -0.2) is 44.3 Å². The van der Waals surface area contributed by atoms with E-state index in [4.69, 9.17) is 14.2 Å². The third kappa shape index (κ3) is 3.99. The first-order chi connectivity index (χ1) is 12.6. The third-order valence-corrected chi connectivity index (χ3v) is 4.74. The van der Waals surface area contributed by atoms with Crippen LogP contribution in [0.2, 0.25) is 0 Å². The highest BCUT2D eigenvalue weighted by Crippen LogP contribution is 2.41. The minimum atomic E-state index is -0.268. The van der Waals surface area contributed by atoms with Crippen LogP contribution in [0.3, 0.4) is 0 Å². The molecule has 26 heavy (non-hydrogen) atoms. The number of nitrogens with zero attached hydrogens (tertiary/aromatic N) is 1. The second-order valence-electron chi connectivity index (χ2n) is 6.51. The lowest BCUT2D eigenvalue weighted by molar-refractivity contribution is -0.146. The quantitative estimate of drug-likeness (QED) is 0.745. The van der Waals surface area contributed by atoms with E-state index < -0.39 is 0 Å². The Hall–Kier alpha value is -2.53. The van der Waals surface area contributed by atoms with Crippen molar-refractivity contribution >= 4 is 5.97 Å². The molecule has 1 saturated heterocycles. The molecule has 0 spiro atoms. The Bertz CT molecular complexity index is 725. The van der Waals surface area contributed by atoms with Crippen molar-refractivity contribution in [2.75, 3.05) is 27.3 Å². The van der Waals surface area contributed by atoms with E-state index in [1.54, 1.807) is 14.2 Å². The molecule has 1 heterocycles. The highest BCUT2D eigenvalue weighted by atomic mass is 16.5. The van der Waals surface area contributed by atoms with Crippen molar-refractivity contribution in [1.82, 2.24) is 4.90 Å². The van der Waals surface area contributed by atoms with E-state index in [9.17, 15) is 4.79 Å². The third-order valence-electron chi connectivity index (χ3n) is 4.74. The smallest absolute Gasteiger partial charge is 0.302 e. The zero-order valence-electron chi connectivity index (χ0n) is 15.5. The zero-order chi connectivity index (χ0) is 18.5. The normalized spacial score (nSPS) is 20.0. The molecular formula is C21H25NO4. The molecule has 1 aliphatic rings. The molecule has 5 nitrogen and oxygen atoms in total. The van der Waals surface area contributed by atoms with E-state index in [-0.39, 0.29) is 18.0 Å². The summed E-state index contributed by atoms with van der Waals surface area (Å²) in [5.41, 5.74) is 2.20. The van der Waals surface area contributed by atoms with Crippen LogP contribution in [-0.2, 0) is 16.1 Å². The van der Waals surface area contributed by atoms with Crippen LogP contribution in [0, 0.1) is 0 Å². The largest absolute Gasteiger partial charge is 0.496 e. The zero-order valence-corrected chi connectivity index (χ0v) is 15.5. The van der Waals surface area contributed by atoms with Crippen LogP contribution in [0.5, 0.6) is 11.5 Å². The van der Waals surface area contributed by atoms with E-state index >= 15 is 0 Å². The molecular weight excluding hydrogens is 330 g/mol. The number of hydrogen-bond donors (Lipinski definition) is 0. The van der Waals surface area contributed by atoms with E-state index in [2.05, 4.69) is 17.0 Å². The summed E-state index contributed by atoms with van der Waals surface area (Å²) in [4.78, 5) is 14.0. The minimum absolute atomic E-state index is 0.00582. The molecule has 5 heteroatoms. The fourth-order valence-corrected chi connectivity index (χ4v) is 3.68. The van der Waals surface area contributed by atoms with Gasteiger partial charge in [0.15, 0.2) is 0 Å². The Morgan fingerprint density at radius 2 is 1.65 bits per heavy atom. The Balaban J connectivity index is 1.90. The maximum atomic E-state index is 11.6. The highest BCUT2D eigenvalue weighted by molar-refractivity contribution is 5.66. The number of esters is 1. The van der Waals surface area contributed by atoms with Gasteiger partial charge < -0.3 is 14.2 Å². The molecule has 2 atom stereocenters. The number of carbonyl (C=O) groups excluding carboxylic acids is 1. The van der Waals surface area contributed by atoms with E-state index in [1.807, 2.05) is 36.4 Å². The van der Waals surface area contributed by atoms with Crippen LogP contribution < -0.4 is 9.47 Å². The minimum Gasteiger partial charge on any atom is -0.496 e. The molecule has 1 fully saturated rings. The van der Waals surface area contributed by atoms with Gasteiger partial charge in [-0.3, -0.25) is 9.69 Å². The van der Waals surface area contributed by atoms with Crippen LogP contribution in [0.25, 0.3) is 0 Å². The predicted octanol–water partition coefficient (Wildman–Crippen LogP) is 3.23. The number of hydrogen-bond acceptors (Lipinski definition) is 5. The van der Waals surface area contributed by atoms with E-state index in [1.165, 1.54) is 12.5 Å². The topological polar surface area (TPSA) is 48.0 Å². The Morgan fingerprint density at radius 1 is 1.00 bits per heavy atom. The number of benzene rings is 2. The highest BCUT2D eigenvalue weighted by Gasteiger charge is 2.39. The summed E-state index contributed by atoms with van der Waals surface area (Å²) >= 11 is 0. The average Bonchev–Trinajstić information content (AvgIpc) is 3.02. The Kier molecular flexibility index (Phi) is 5.78. The number of likely N-dealkylation sites (tertiary alicyclic amines) is 1. The number of methoxy groups -OCH3 is 2. The molecule has 2 aromatic rings. The van der Waals surface area contributed by atoms with Crippen molar-refractivity contribution in [3.8, 4) is 11.5 Å². The Labute approximate surface area is 154 Å². The first kappa shape index (κ1) is 18.3. The first-order valence-corrected chi connectivity index (χ1v) is 8.76. The molecule has 0 N–H and O–H groups in total. The molecule has 2 aromatic carbocycles. The maximum absolute atomic E-state index is 11.6. The monoisotopic (exact) mass is 355 g/mol. The SMILES string of the molecule is COc1cccc(OC)c1[C@@H]1CN(Cc2ccccc2)C[C@H]1OC(C)=O. The number of carbonyl (C=O) groups is 1. The van der Waals surface area contributed by atoms with Gasteiger partial charge in [-0.2, -0.15) is 0 Å². The molecule has 0 aromatic heterocycles. The molecule has 3 rings (SSSR count). The van der Waals surface area contributed by atoms with Crippen molar-refractivity contribution in [2.24, 2.45) is 0 Å². The molecule has 138 valence electrons. The van der Waals surface area contributed by atoms with Crippen molar-refractivity contribution in [1.29, 1.82) is 0 Å². The first-order valence-electron chi connectivity index (χ1n) is 8.76. The fraction of sp³-hybridized carbons (Fsp3) is 0.381. The van der Waals surface area contributed by atoms with Gasteiger partial charge in [0.25, 0.3) is 0 Å². The van der Waals surface area contributed by atoms with Gasteiger partial charge in [-0.05, 0) is 17.7 Å². The second-order valence-corrected chi connectivity index (χ2v) is 6.51. The standard InChI is InChI=1S/C21H25NO4/c1-15(23)26-20-14-22(12-16-8-5-4-6-9-16)13-17(20)21-18(24-2)10-7-11-19(21)25-3/h4-11,17,20H,12-14H2,1-3H3/t17-,20-/m1/s1. The molecule has 1 aliphatic heterocycles.